The molecule has 3 heteroatoms. The van der Waals surface area contributed by atoms with Crippen molar-refractivity contribution >= 4 is 5.91 Å². The number of carbonyl (C=O) groups is 1. The summed E-state index contributed by atoms with van der Waals surface area (Å²) in [7, 11) is 0. The van der Waals surface area contributed by atoms with Crippen LogP contribution in [0.3, 0.4) is 0 Å². The van der Waals surface area contributed by atoms with Gasteiger partial charge >= 0.3 is 0 Å². The van der Waals surface area contributed by atoms with Crippen molar-refractivity contribution in [2.24, 2.45) is 5.73 Å². The Kier molecular flexibility index (Phi) is 7.31. The van der Waals surface area contributed by atoms with Gasteiger partial charge in [-0.15, -0.1) is 0 Å². The van der Waals surface area contributed by atoms with Gasteiger partial charge in [0.05, 0.1) is 6.04 Å². The summed E-state index contributed by atoms with van der Waals surface area (Å²) in [6.45, 7) is 7.13. The van der Waals surface area contributed by atoms with Gasteiger partial charge in [-0.1, -0.05) is 51.5 Å². The van der Waals surface area contributed by atoms with E-state index >= 15 is 0 Å². The highest BCUT2D eigenvalue weighted by atomic mass is 16.2. The van der Waals surface area contributed by atoms with Gasteiger partial charge in [0.15, 0.2) is 0 Å². The molecule has 1 amide bonds. The Labute approximate surface area is 122 Å². The molecule has 1 atom stereocenters. The third-order valence-corrected chi connectivity index (χ3v) is 3.52. The maximum absolute atomic E-state index is 11.6. The second kappa shape index (κ2) is 8.75. The monoisotopic (exact) mass is 276 g/mol. The Balaban J connectivity index is 2.25. The van der Waals surface area contributed by atoms with Crippen molar-refractivity contribution in [1.82, 2.24) is 5.32 Å². The van der Waals surface area contributed by atoms with Crippen LogP contribution in [0, 0.1) is 0 Å². The van der Waals surface area contributed by atoms with E-state index in [1.165, 1.54) is 11.1 Å². The topological polar surface area (TPSA) is 55.1 Å². The largest absolute Gasteiger partial charge is 0.355 e. The summed E-state index contributed by atoms with van der Waals surface area (Å²) in [5.74, 6) is 0.547. The Morgan fingerprint density at radius 2 is 1.90 bits per heavy atom. The average Bonchev–Trinajstić information content (AvgIpc) is 2.44. The van der Waals surface area contributed by atoms with E-state index in [0.717, 1.165) is 25.7 Å². The van der Waals surface area contributed by atoms with Gasteiger partial charge in [0.1, 0.15) is 0 Å². The van der Waals surface area contributed by atoms with Gasteiger partial charge in [-0.25, -0.2) is 0 Å². The molecule has 3 nitrogen and oxygen atoms in total. The number of rotatable bonds is 8. The predicted molar refractivity (Wildman–Crippen MR) is 84.7 cm³/mol. The summed E-state index contributed by atoms with van der Waals surface area (Å²) in [6.07, 6.45) is 3.63. The second-order valence-corrected chi connectivity index (χ2v) is 5.69. The SMILES string of the molecule is CCCC(N)C(=O)NCCCc1ccc(C(C)C)cc1. The van der Waals surface area contributed by atoms with Crippen molar-refractivity contribution in [3.8, 4) is 0 Å². The predicted octanol–water partition coefficient (Wildman–Crippen LogP) is 2.99. The molecule has 20 heavy (non-hydrogen) atoms. The molecule has 112 valence electrons. The standard InChI is InChI=1S/C17H28N2O/c1-4-6-16(18)17(20)19-12-5-7-14-8-10-15(11-9-14)13(2)3/h8-11,13,16H,4-7,12,18H2,1-3H3,(H,19,20). The van der Waals surface area contributed by atoms with E-state index in [0.29, 0.717) is 12.5 Å². The van der Waals surface area contributed by atoms with Crippen LogP contribution in [0.2, 0.25) is 0 Å². The molecule has 0 aliphatic heterocycles. The van der Waals surface area contributed by atoms with Crippen LogP contribution in [0.25, 0.3) is 0 Å². The van der Waals surface area contributed by atoms with Gasteiger partial charge in [0.2, 0.25) is 5.91 Å². The zero-order chi connectivity index (χ0) is 15.0. The average molecular weight is 276 g/mol. The minimum Gasteiger partial charge on any atom is -0.355 e. The summed E-state index contributed by atoms with van der Waals surface area (Å²) in [5, 5.41) is 2.90. The number of nitrogens with two attached hydrogens (primary N) is 1. The summed E-state index contributed by atoms with van der Waals surface area (Å²) < 4.78 is 0. The molecule has 0 fully saturated rings. The van der Waals surface area contributed by atoms with Crippen LogP contribution in [0.15, 0.2) is 24.3 Å². The molecule has 1 aromatic carbocycles. The fraction of sp³-hybridized carbons (Fsp3) is 0.588. The molecule has 0 heterocycles. The molecule has 0 bridgehead atoms. The second-order valence-electron chi connectivity index (χ2n) is 5.69. The first kappa shape index (κ1) is 16.7. The van der Waals surface area contributed by atoms with Crippen LogP contribution >= 0.6 is 0 Å². The minimum atomic E-state index is -0.356. The van der Waals surface area contributed by atoms with Gasteiger partial charge in [-0.3, -0.25) is 4.79 Å². The molecule has 3 N–H and O–H groups in total. The van der Waals surface area contributed by atoms with Crippen LogP contribution in [0.5, 0.6) is 0 Å². The highest BCUT2D eigenvalue weighted by molar-refractivity contribution is 5.81. The fourth-order valence-electron chi connectivity index (χ4n) is 2.15. The Bertz CT molecular complexity index is 398. The van der Waals surface area contributed by atoms with Crippen LogP contribution < -0.4 is 11.1 Å². The maximum atomic E-state index is 11.6. The van der Waals surface area contributed by atoms with E-state index in [1.807, 2.05) is 6.92 Å². The van der Waals surface area contributed by atoms with Gasteiger partial charge < -0.3 is 11.1 Å². The maximum Gasteiger partial charge on any atom is 0.236 e. The molecule has 1 unspecified atom stereocenters. The number of aryl methyl sites for hydroxylation is 1. The van der Waals surface area contributed by atoms with Gasteiger partial charge in [0, 0.05) is 6.54 Å². The lowest BCUT2D eigenvalue weighted by atomic mass is 10.0. The molecule has 0 spiro atoms. The molecule has 0 aromatic heterocycles. The molecular formula is C17H28N2O. The Hall–Kier alpha value is -1.35. The van der Waals surface area contributed by atoms with E-state index in [-0.39, 0.29) is 11.9 Å². The number of carbonyl (C=O) groups excluding carboxylic acids is 1. The molecule has 0 aliphatic rings. The van der Waals surface area contributed by atoms with E-state index in [4.69, 9.17) is 5.73 Å². The number of amides is 1. The quantitative estimate of drug-likeness (QED) is 0.717. The van der Waals surface area contributed by atoms with E-state index < -0.39 is 0 Å². The van der Waals surface area contributed by atoms with Crippen molar-refractivity contribution < 1.29 is 4.79 Å². The lowest BCUT2D eigenvalue weighted by molar-refractivity contribution is -0.122. The molecule has 0 aliphatic carbocycles. The molecule has 1 rings (SSSR count). The lowest BCUT2D eigenvalue weighted by Crippen LogP contribution is -2.40. The highest BCUT2D eigenvalue weighted by Gasteiger charge is 2.10. The van der Waals surface area contributed by atoms with Crippen LogP contribution in [0.4, 0.5) is 0 Å². The lowest BCUT2D eigenvalue weighted by Gasteiger charge is -2.11. The van der Waals surface area contributed by atoms with Gasteiger partial charge in [-0.2, -0.15) is 0 Å². The third kappa shape index (κ3) is 5.74. The van der Waals surface area contributed by atoms with E-state index in [2.05, 4.69) is 43.4 Å². The molecule has 1 aromatic rings. The third-order valence-electron chi connectivity index (χ3n) is 3.52. The zero-order valence-electron chi connectivity index (χ0n) is 13.0. The molecule has 0 saturated heterocycles. The van der Waals surface area contributed by atoms with Gasteiger partial charge in [-0.05, 0) is 36.3 Å². The summed E-state index contributed by atoms with van der Waals surface area (Å²) in [6, 6.07) is 8.39. The number of hydrogen-bond acceptors (Lipinski definition) is 2. The zero-order valence-corrected chi connectivity index (χ0v) is 13.0. The minimum absolute atomic E-state index is 0.0259. The van der Waals surface area contributed by atoms with E-state index in [9.17, 15) is 4.79 Å². The first-order chi connectivity index (χ1) is 9.54. The van der Waals surface area contributed by atoms with E-state index in [1.54, 1.807) is 0 Å². The van der Waals surface area contributed by atoms with Crippen molar-refractivity contribution in [3.63, 3.8) is 0 Å². The Morgan fingerprint density at radius 3 is 2.45 bits per heavy atom. The number of benzene rings is 1. The van der Waals surface area contributed by atoms with Crippen molar-refractivity contribution in [2.75, 3.05) is 6.54 Å². The molecular weight excluding hydrogens is 248 g/mol. The van der Waals surface area contributed by atoms with Crippen molar-refractivity contribution in [1.29, 1.82) is 0 Å². The molecule has 0 saturated carbocycles. The van der Waals surface area contributed by atoms with Crippen molar-refractivity contribution in [2.45, 2.75) is 58.4 Å². The summed E-state index contributed by atoms with van der Waals surface area (Å²) >= 11 is 0. The Morgan fingerprint density at radius 1 is 1.25 bits per heavy atom. The molecule has 0 radical (unpaired) electrons. The normalized spacial score (nSPS) is 12.4. The summed E-state index contributed by atoms with van der Waals surface area (Å²) in [4.78, 5) is 11.6. The fourth-order valence-corrected chi connectivity index (χ4v) is 2.15. The first-order valence-electron chi connectivity index (χ1n) is 7.66. The number of nitrogens with one attached hydrogen (secondary N) is 1. The number of hydrogen-bond donors (Lipinski definition) is 2. The van der Waals surface area contributed by atoms with Crippen LogP contribution in [-0.2, 0) is 11.2 Å². The summed E-state index contributed by atoms with van der Waals surface area (Å²) in [5.41, 5.74) is 8.44. The van der Waals surface area contributed by atoms with Gasteiger partial charge in [0.25, 0.3) is 0 Å². The smallest absolute Gasteiger partial charge is 0.236 e. The van der Waals surface area contributed by atoms with Crippen LogP contribution in [-0.4, -0.2) is 18.5 Å². The highest BCUT2D eigenvalue weighted by Crippen LogP contribution is 2.15. The van der Waals surface area contributed by atoms with Crippen LogP contribution in [0.1, 0.15) is 57.1 Å². The first-order valence-corrected chi connectivity index (χ1v) is 7.66. The van der Waals surface area contributed by atoms with Crippen molar-refractivity contribution in [3.05, 3.63) is 35.4 Å².